The van der Waals surface area contributed by atoms with Gasteiger partial charge in [-0.2, -0.15) is 0 Å². The highest BCUT2D eigenvalue weighted by atomic mass is 32.2. The van der Waals surface area contributed by atoms with Gasteiger partial charge in [-0.15, -0.1) is 0 Å². The van der Waals surface area contributed by atoms with Crippen molar-refractivity contribution in [3.8, 4) is 0 Å². The number of aryl methyl sites for hydroxylation is 1. The predicted octanol–water partition coefficient (Wildman–Crippen LogP) is 0.812. The van der Waals surface area contributed by atoms with Crippen molar-refractivity contribution in [1.82, 2.24) is 10.0 Å². The van der Waals surface area contributed by atoms with E-state index in [0.29, 0.717) is 0 Å². The minimum atomic E-state index is -3.74. The van der Waals surface area contributed by atoms with Gasteiger partial charge in [-0.25, -0.2) is 17.9 Å². The zero-order valence-electron chi connectivity index (χ0n) is 12.2. The molecule has 1 aliphatic rings. The number of rotatable bonds is 4. The van der Waals surface area contributed by atoms with Crippen LogP contribution in [-0.4, -0.2) is 40.6 Å². The van der Waals surface area contributed by atoms with Crippen molar-refractivity contribution >= 4 is 16.0 Å². The van der Waals surface area contributed by atoms with Crippen LogP contribution in [0.25, 0.3) is 0 Å². The van der Waals surface area contributed by atoms with Crippen molar-refractivity contribution < 1.29 is 17.9 Å². The van der Waals surface area contributed by atoms with Crippen LogP contribution in [0.5, 0.6) is 0 Å². The Bertz CT molecular complexity index is 622. The minimum absolute atomic E-state index is 0.0292. The molecule has 116 valence electrons. The quantitative estimate of drug-likeness (QED) is 0.804. The molecule has 0 saturated carbocycles. The molecule has 1 heterocycles. The lowest BCUT2D eigenvalue weighted by Gasteiger charge is -2.24. The van der Waals surface area contributed by atoms with Crippen molar-refractivity contribution in [1.29, 1.82) is 0 Å². The van der Waals surface area contributed by atoms with Gasteiger partial charge in [0.15, 0.2) is 0 Å². The number of hydrogen-bond acceptors (Lipinski definition) is 5. The lowest BCUT2D eigenvalue weighted by molar-refractivity contribution is 0.0596. The van der Waals surface area contributed by atoms with Crippen LogP contribution in [0.15, 0.2) is 23.1 Å². The van der Waals surface area contributed by atoms with Crippen molar-refractivity contribution in [2.24, 2.45) is 0 Å². The molecule has 0 amide bonds. The van der Waals surface area contributed by atoms with Gasteiger partial charge >= 0.3 is 5.97 Å². The van der Waals surface area contributed by atoms with Crippen molar-refractivity contribution in [2.45, 2.75) is 30.7 Å². The average molecular weight is 312 g/mol. The van der Waals surface area contributed by atoms with Crippen LogP contribution in [0.1, 0.15) is 28.8 Å². The van der Waals surface area contributed by atoms with E-state index in [-0.39, 0.29) is 16.5 Å². The van der Waals surface area contributed by atoms with Gasteiger partial charge in [0.05, 0.1) is 17.6 Å². The Morgan fingerprint density at radius 2 is 2.00 bits per heavy atom. The van der Waals surface area contributed by atoms with E-state index in [0.717, 1.165) is 31.5 Å². The van der Waals surface area contributed by atoms with E-state index < -0.39 is 16.0 Å². The number of ether oxygens (including phenoxy) is 1. The number of carbonyl (C=O) groups excluding carboxylic acids is 1. The SMILES string of the molecule is COC(=O)c1cc(C)ccc1S(=O)(=O)NC1CCNCC1. The van der Waals surface area contributed by atoms with Gasteiger partial charge in [0.2, 0.25) is 10.0 Å². The summed E-state index contributed by atoms with van der Waals surface area (Å²) in [6.07, 6.45) is 1.47. The molecule has 0 bridgehead atoms. The molecular formula is C14H20N2O4S. The van der Waals surface area contributed by atoms with Gasteiger partial charge in [-0.05, 0) is 45.0 Å². The third-order valence-electron chi connectivity index (χ3n) is 3.49. The first-order valence-corrected chi connectivity index (χ1v) is 8.34. The number of sulfonamides is 1. The van der Waals surface area contributed by atoms with E-state index in [1.807, 2.05) is 0 Å². The summed E-state index contributed by atoms with van der Waals surface area (Å²) in [4.78, 5) is 11.8. The number of hydrogen-bond donors (Lipinski definition) is 2. The number of benzene rings is 1. The lowest BCUT2D eigenvalue weighted by atomic mass is 10.1. The van der Waals surface area contributed by atoms with Crippen LogP contribution >= 0.6 is 0 Å². The summed E-state index contributed by atoms with van der Waals surface area (Å²) >= 11 is 0. The Hall–Kier alpha value is -1.44. The lowest BCUT2D eigenvalue weighted by Crippen LogP contribution is -2.42. The highest BCUT2D eigenvalue weighted by molar-refractivity contribution is 7.89. The first-order chi connectivity index (χ1) is 9.94. The predicted molar refractivity (Wildman–Crippen MR) is 78.7 cm³/mol. The molecule has 2 rings (SSSR count). The summed E-state index contributed by atoms with van der Waals surface area (Å²) in [5.41, 5.74) is 0.871. The van der Waals surface area contributed by atoms with E-state index in [9.17, 15) is 13.2 Å². The highest BCUT2D eigenvalue weighted by Gasteiger charge is 2.26. The molecule has 1 aliphatic heterocycles. The van der Waals surface area contributed by atoms with Gasteiger partial charge in [0, 0.05) is 6.04 Å². The van der Waals surface area contributed by atoms with E-state index >= 15 is 0 Å². The number of nitrogens with one attached hydrogen (secondary N) is 2. The second-order valence-electron chi connectivity index (χ2n) is 5.14. The molecule has 0 atom stereocenters. The molecule has 0 aliphatic carbocycles. The fourth-order valence-corrected chi connectivity index (χ4v) is 3.85. The molecule has 0 unspecified atom stereocenters. The van der Waals surface area contributed by atoms with Crippen LogP contribution in [-0.2, 0) is 14.8 Å². The molecule has 1 saturated heterocycles. The Morgan fingerprint density at radius 1 is 1.33 bits per heavy atom. The van der Waals surface area contributed by atoms with Crippen molar-refractivity contribution in [3.63, 3.8) is 0 Å². The zero-order chi connectivity index (χ0) is 15.5. The molecule has 7 heteroatoms. The first kappa shape index (κ1) is 15.9. The van der Waals surface area contributed by atoms with Crippen LogP contribution in [0.3, 0.4) is 0 Å². The van der Waals surface area contributed by atoms with Crippen molar-refractivity contribution in [2.75, 3.05) is 20.2 Å². The largest absolute Gasteiger partial charge is 0.465 e. The molecule has 21 heavy (non-hydrogen) atoms. The van der Waals surface area contributed by atoms with E-state index in [1.54, 1.807) is 13.0 Å². The van der Waals surface area contributed by atoms with Crippen LogP contribution in [0.2, 0.25) is 0 Å². The zero-order valence-corrected chi connectivity index (χ0v) is 13.0. The number of esters is 1. The standard InChI is InChI=1S/C14H20N2O4S/c1-10-3-4-13(12(9-10)14(17)20-2)21(18,19)16-11-5-7-15-8-6-11/h3-4,9,11,15-16H,5-8H2,1-2H3. The molecule has 0 aromatic heterocycles. The topological polar surface area (TPSA) is 84.5 Å². The maximum atomic E-state index is 12.5. The number of carbonyl (C=O) groups is 1. The molecule has 1 aromatic carbocycles. The summed E-state index contributed by atoms with van der Waals surface area (Å²) in [6.45, 7) is 3.36. The molecule has 0 spiro atoms. The van der Waals surface area contributed by atoms with Crippen LogP contribution in [0, 0.1) is 6.92 Å². The normalized spacial score (nSPS) is 16.7. The van der Waals surface area contributed by atoms with E-state index in [2.05, 4.69) is 14.8 Å². The average Bonchev–Trinajstić information content (AvgIpc) is 2.46. The summed E-state index contributed by atoms with van der Waals surface area (Å²) in [5.74, 6) is -0.649. The van der Waals surface area contributed by atoms with Gasteiger partial charge < -0.3 is 10.1 Å². The third kappa shape index (κ3) is 3.81. The molecule has 2 N–H and O–H groups in total. The molecule has 1 aromatic rings. The highest BCUT2D eigenvalue weighted by Crippen LogP contribution is 2.19. The molecule has 0 radical (unpaired) electrons. The monoisotopic (exact) mass is 312 g/mol. The summed E-state index contributed by atoms with van der Waals surface area (Å²) < 4.78 is 32.4. The Kier molecular flexibility index (Phi) is 4.97. The smallest absolute Gasteiger partial charge is 0.339 e. The Labute approximate surface area is 124 Å². The molecular weight excluding hydrogens is 292 g/mol. The second kappa shape index (κ2) is 6.55. The van der Waals surface area contributed by atoms with E-state index in [4.69, 9.17) is 0 Å². The van der Waals surface area contributed by atoms with Crippen LogP contribution < -0.4 is 10.0 Å². The molecule has 1 fully saturated rings. The Balaban J connectivity index is 2.32. The summed E-state index contributed by atoms with van der Waals surface area (Å²) in [5, 5.41) is 3.18. The first-order valence-electron chi connectivity index (χ1n) is 6.86. The summed E-state index contributed by atoms with van der Waals surface area (Å²) in [6, 6.07) is 4.54. The maximum Gasteiger partial charge on any atom is 0.339 e. The van der Waals surface area contributed by atoms with E-state index in [1.165, 1.54) is 19.2 Å². The number of methoxy groups -OCH3 is 1. The van der Waals surface area contributed by atoms with Crippen molar-refractivity contribution in [3.05, 3.63) is 29.3 Å². The minimum Gasteiger partial charge on any atom is -0.465 e. The Morgan fingerprint density at radius 3 is 2.62 bits per heavy atom. The van der Waals surface area contributed by atoms with Gasteiger partial charge in [0.25, 0.3) is 0 Å². The second-order valence-corrected chi connectivity index (χ2v) is 6.82. The fraction of sp³-hybridized carbons (Fsp3) is 0.500. The van der Waals surface area contributed by atoms with Gasteiger partial charge in [-0.1, -0.05) is 11.6 Å². The van der Waals surface area contributed by atoms with Gasteiger partial charge in [-0.3, -0.25) is 0 Å². The third-order valence-corrected chi connectivity index (χ3v) is 5.07. The number of piperidine rings is 1. The molecule has 6 nitrogen and oxygen atoms in total. The van der Waals surface area contributed by atoms with Crippen LogP contribution in [0.4, 0.5) is 0 Å². The maximum absolute atomic E-state index is 12.5. The fourth-order valence-electron chi connectivity index (χ4n) is 2.37. The van der Waals surface area contributed by atoms with Gasteiger partial charge in [0.1, 0.15) is 0 Å². The summed E-state index contributed by atoms with van der Waals surface area (Å²) in [7, 11) is -2.50.